The first-order valence-corrected chi connectivity index (χ1v) is 6.26. The Kier molecular flexibility index (Phi) is 4.31. The molecule has 1 aromatic carbocycles. The van der Waals surface area contributed by atoms with Gasteiger partial charge >= 0.3 is 5.69 Å². The van der Waals surface area contributed by atoms with Crippen molar-refractivity contribution in [2.24, 2.45) is 5.73 Å². The molecule has 0 fully saturated rings. The van der Waals surface area contributed by atoms with Gasteiger partial charge in [0.05, 0.1) is 4.92 Å². The lowest BCUT2D eigenvalue weighted by Gasteiger charge is -2.09. The van der Waals surface area contributed by atoms with E-state index < -0.39 is 4.92 Å². The zero-order valence-corrected chi connectivity index (χ0v) is 11.2. The van der Waals surface area contributed by atoms with Crippen molar-refractivity contribution in [2.75, 3.05) is 0 Å². The van der Waals surface area contributed by atoms with Crippen LogP contribution >= 0.6 is 0 Å². The van der Waals surface area contributed by atoms with Crippen LogP contribution in [0, 0.1) is 10.1 Å². The minimum atomic E-state index is -0.470. The number of hydrogen-bond donors (Lipinski definition) is 1. The molecule has 0 aliphatic heterocycles. The van der Waals surface area contributed by atoms with Crippen molar-refractivity contribution in [1.82, 2.24) is 9.55 Å². The predicted molar refractivity (Wildman–Crippen MR) is 73.2 cm³/mol. The number of hydrogen-bond acceptors (Lipinski definition) is 5. The van der Waals surface area contributed by atoms with Crippen LogP contribution < -0.4 is 10.5 Å². The van der Waals surface area contributed by atoms with Crippen LogP contribution in [0.15, 0.2) is 30.6 Å². The quantitative estimate of drug-likeness (QED) is 0.641. The third-order valence-corrected chi connectivity index (χ3v) is 2.96. The van der Waals surface area contributed by atoms with Crippen LogP contribution in [0.4, 0.5) is 5.69 Å². The summed E-state index contributed by atoms with van der Waals surface area (Å²) in [5, 5.41) is 11.0. The maximum absolute atomic E-state index is 11.0. The average Bonchev–Trinajstić information content (AvgIpc) is 2.91. The number of benzene rings is 1. The monoisotopic (exact) mass is 276 g/mol. The van der Waals surface area contributed by atoms with Crippen LogP contribution in [-0.4, -0.2) is 14.5 Å². The molecule has 2 N–H and O–H groups in total. The van der Waals surface area contributed by atoms with E-state index in [1.54, 1.807) is 18.3 Å². The number of nitro groups is 1. The van der Waals surface area contributed by atoms with Gasteiger partial charge in [-0.15, -0.1) is 0 Å². The molecule has 0 saturated heterocycles. The van der Waals surface area contributed by atoms with Crippen molar-refractivity contribution >= 4 is 5.69 Å². The van der Waals surface area contributed by atoms with Crippen LogP contribution in [-0.2, 0) is 19.7 Å². The van der Waals surface area contributed by atoms with Crippen LogP contribution in [0.1, 0.15) is 18.3 Å². The van der Waals surface area contributed by atoms with Gasteiger partial charge < -0.3 is 15.0 Å². The summed E-state index contributed by atoms with van der Waals surface area (Å²) in [6, 6.07) is 4.62. The normalized spacial score (nSPS) is 10.5. The Morgan fingerprint density at radius 3 is 2.95 bits per heavy atom. The first-order chi connectivity index (χ1) is 9.65. The van der Waals surface area contributed by atoms with E-state index in [4.69, 9.17) is 10.5 Å². The van der Waals surface area contributed by atoms with E-state index in [1.807, 2.05) is 17.7 Å². The van der Waals surface area contributed by atoms with Gasteiger partial charge in [0.2, 0.25) is 0 Å². The fraction of sp³-hybridized carbons (Fsp3) is 0.308. The summed E-state index contributed by atoms with van der Waals surface area (Å²) in [6.45, 7) is 3.24. The summed E-state index contributed by atoms with van der Waals surface area (Å²) in [4.78, 5) is 14.7. The third kappa shape index (κ3) is 2.94. The highest BCUT2D eigenvalue weighted by Crippen LogP contribution is 2.28. The summed E-state index contributed by atoms with van der Waals surface area (Å²) in [5.41, 5.74) is 6.25. The molecule has 0 radical (unpaired) electrons. The topological polar surface area (TPSA) is 96.2 Å². The van der Waals surface area contributed by atoms with Crippen molar-refractivity contribution in [3.63, 3.8) is 0 Å². The van der Waals surface area contributed by atoms with E-state index in [0.717, 1.165) is 17.9 Å². The molecule has 0 aliphatic rings. The van der Waals surface area contributed by atoms with E-state index in [-0.39, 0.29) is 18.0 Å². The lowest BCUT2D eigenvalue weighted by molar-refractivity contribution is -0.386. The van der Waals surface area contributed by atoms with Gasteiger partial charge in [0, 0.05) is 31.5 Å². The van der Waals surface area contributed by atoms with Gasteiger partial charge in [-0.05, 0) is 18.6 Å². The van der Waals surface area contributed by atoms with Gasteiger partial charge in [0.25, 0.3) is 0 Å². The van der Waals surface area contributed by atoms with Gasteiger partial charge in [-0.3, -0.25) is 10.1 Å². The molecule has 1 heterocycles. The number of rotatable bonds is 6. The van der Waals surface area contributed by atoms with E-state index >= 15 is 0 Å². The number of nitrogens with zero attached hydrogens (tertiary/aromatic N) is 3. The SMILES string of the molecule is CCn1ccnc1COc1cc(CN)ccc1[N+](=O)[O-]. The second kappa shape index (κ2) is 6.16. The minimum Gasteiger partial charge on any atom is -0.479 e. The van der Waals surface area contributed by atoms with Crippen molar-refractivity contribution < 1.29 is 9.66 Å². The lowest BCUT2D eigenvalue weighted by atomic mass is 10.2. The van der Waals surface area contributed by atoms with Crippen molar-refractivity contribution in [3.05, 3.63) is 52.1 Å². The largest absolute Gasteiger partial charge is 0.479 e. The van der Waals surface area contributed by atoms with Crippen molar-refractivity contribution in [2.45, 2.75) is 26.6 Å². The summed E-state index contributed by atoms with van der Waals surface area (Å²) >= 11 is 0. The maximum atomic E-state index is 11.0. The summed E-state index contributed by atoms with van der Waals surface area (Å²) < 4.78 is 7.46. The molecule has 0 saturated carbocycles. The number of imidazole rings is 1. The molecule has 2 rings (SSSR count). The zero-order chi connectivity index (χ0) is 14.5. The second-order valence-corrected chi connectivity index (χ2v) is 4.18. The highest BCUT2D eigenvalue weighted by atomic mass is 16.6. The van der Waals surface area contributed by atoms with E-state index in [2.05, 4.69) is 4.98 Å². The number of aryl methyl sites for hydroxylation is 1. The lowest BCUT2D eigenvalue weighted by Crippen LogP contribution is -2.07. The molecular formula is C13H16N4O3. The van der Waals surface area contributed by atoms with Gasteiger partial charge in [-0.25, -0.2) is 4.98 Å². The predicted octanol–water partition coefficient (Wildman–Crippen LogP) is 1.85. The minimum absolute atomic E-state index is 0.0724. The first kappa shape index (κ1) is 14.0. The Morgan fingerprint density at radius 1 is 1.50 bits per heavy atom. The highest BCUT2D eigenvalue weighted by Gasteiger charge is 2.16. The highest BCUT2D eigenvalue weighted by molar-refractivity contribution is 5.48. The summed E-state index contributed by atoms with van der Waals surface area (Å²) in [7, 11) is 0. The smallest absolute Gasteiger partial charge is 0.310 e. The van der Waals surface area contributed by atoms with E-state index in [0.29, 0.717) is 6.54 Å². The molecule has 20 heavy (non-hydrogen) atoms. The summed E-state index contributed by atoms with van der Waals surface area (Å²) in [5.74, 6) is 0.934. The van der Waals surface area contributed by atoms with Crippen molar-refractivity contribution in [1.29, 1.82) is 0 Å². The molecule has 7 nitrogen and oxygen atoms in total. The molecule has 106 valence electrons. The number of nitro benzene ring substituents is 1. The fourth-order valence-corrected chi connectivity index (χ4v) is 1.86. The maximum Gasteiger partial charge on any atom is 0.310 e. The Labute approximate surface area is 116 Å². The molecule has 0 unspecified atom stereocenters. The molecule has 0 aliphatic carbocycles. The van der Waals surface area contributed by atoms with Crippen LogP contribution in [0.2, 0.25) is 0 Å². The Bertz CT molecular complexity index is 609. The Hall–Kier alpha value is -2.41. The van der Waals surface area contributed by atoms with E-state index in [9.17, 15) is 10.1 Å². The molecule has 2 aromatic rings. The third-order valence-electron chi connectivity index (χ3n) is 2.96. The molecule has 0 bridgehead atoms. The Morgan fingerprint density at radius 2 is 2.30 bits per heavy atom. The first-order valence-electron chi connectivity index (χ1n) is 6.26. The van der Waals surface area contributed by atoms with Gasteiger partial charge in [-0.1, -0.05) is 6.07 Å². The van der Waals surface area contributed by atoms with Crippen LogP contribution in [0.25, 0.3) is 0 Å². The fourth-order valence-electron chi connectivity index (χ4n) is 1.86. The average molecular weight is 276 g/mol. The number of ether oxygens (including phenoxy) is 1. The van der Waals surface area contributed by atoms with Crippen LogP contribution in [0.5, 0.6) is 5.75 Å². The molecular weight excluding hydrogens is 260 g/mol. The summed E-state index contributed by atoms with van der Waals surface area (Å²) in [6.07, 6.45) is 3.51. The Balaban J connectivity index is 2.21. The van der Waals surface area contributed by atoms with Crippen molar-refractivity contribution in [3.8, 4) is 5.75 Å². The van der Waals surface area contributed by atoms with Gasteiger partial charge in [0.1, 0.15) is 12.4 Å². The second-order valence-electron chi connectivity index (χ2n) is 4.18. The van der Waals surface area contributed by atoms with Gasteiger partial charge in [0.15, 0.2) is 5.75 Å². The zero-order valence-electron chi connectivity index (χ0n) is 11.2. The molecule has 0 atom stereocenters. The molecule has 1 aromatic heterocycles. The van der Waals surface area contributed by atoms with Gasteiger partial charge in [-0.2, -0.15) is 0 Å². The standard InChI is InChI=1S/C13H16N4O3/c1-2-16-6-5-15-13(16)9-20-12-7-10(8-14)3-4-11(12)17(18)19/h3-7H,2,8-9,14H2,1H3. The van der Waals surface area contributed by atoms with Crippen LogP contribution in [0.3, 0.4) is 0 Å². The van der Waals surface area contributed by atoms with E-state index in [1.165, 1.54) is 6.07 Å². The molecule has 0 spiro atoms. The molecule has 0 amide bonds. The number of nitrogens with two attached hydrogens (primary N) is 1. The molecule has 7 heteroatoms. The number of aromatic nitrogens is 2.